The minimum absolute atomic E-state index is 0.299. The molecule has 1 aliphatic heterocycles. The average molecular weight is 400 g/mol. The highest BCUT2D eigenvalue weighted by molar-refractivity contribution is 6.18. The Kier molecular flexibility index (Phi) is 4.28. The Balaban J connectivity index is 1.53. The highest BCUT2D eigenvalue weighted by atomic mass is 16.2. The second-order valence-electron chi connectivity index (χ2n) is 6.76. The van der Waals surface area contributed by atoms with Gasteiger partial charge in [-0.25, -0.2) is 5.43 Å². The maximum Gasteiger partial charge on any atom is 0.272 e. The summed E-state index contributed by atoms with van der Waals surface area (Å²) in [5.41, 5.74) is 6.55. The van der Waals surface area contributed by atoms with Crippen LogP contribution >= 0.6 is 0 Å². The molecule has 30 heavy (non-hydrogen) atoms. The van der Waals surface area contributed by atoms with Crippen molar-refractivity contribution in [2.75, 3.05) is 6.54 Å². The molecule has 0 saturated heterocycles. The number of hydrazone groups is 1. The third kappa shape index (κ3) is 3.09. The van der Waals surface area contributed by atoms with E-state index in [1.165, 1.54) is 0 Å². The van der Waals surface area contributed by atoms with Crippen LogP contribution < -0.4 is 10.7 Å². The number of rotatable bonds is 5. The van der Waals surface area contributed by atoms with Crippen LogP contribution in [0.3, 0.4) is 0 Å². The van der Waals surface area contributed by atoms with Gasteiger partial charge in [0, 0.05) is 35.0 Å². The van der Waals surface area contributed by atoms with Gasteiger partial charge in [-0.1, -0.05) is 35.5 Å². The number of amides is 2. The molecule has 10 heteroatoms. The number of aromatic amines is 2. The van der Waals surface area contributed by atoms with Gasteiger partial charge >= 0.3 is 0 Å². The van der Waals surface area contributed by atoms with Crippen molar-refractivity contribution in [3.05, 3.63) is 65.0 Å². The number of tetrazole rings is 1. The van der Waals surface area contributed by atoms with Gasteiger partial charge < -0.3 is 10.3 Å². The van der Waals surface area contributed by atoms with Crippen molar-refractivity contribution < 1.29 is 9.59 Å². The Labute approximate surface area is 169 Å². The third-order valence-corrected chi connectivity index (χ3v) is 4.89. The van der Waals surface area contributed by atoms with Crippen LogP contribution in [0, 0.1) is 0 Å². The molecule has 2 aromatic carbocycles. The molecule has 3 heterocycles. The molecule has 0 bridgehead atoms. The minimum Gasteiger partial charge on any atom is -0.354 e. The van der Waals surface area contributed by atoms with E-state index < -0.39 is 0 Å². The lowest BCUT2D eigenvalue weighted by Crippen LogP contribution is -2.26. The van der Waals surface area contributed by atoms with Gasteiger partial charge in [0.05, 0.1) is 17.5 Å². The van der Waals surface area contributed by atoms with Gasteiger partial charge in [-0.05, 0) is 17.7 Å². The Morgan fingerprint density at radius 1 is 1.13 bits per heavy atom. The molecular weight excluding hydrogens is 384 g/mol. The Hall–Kier alpha value is -4.34. The molecule has 0 fully saturated rings. The van der Waals surface area contributed by atoms with Gasteiger partial charge in [-0.15, -0.1) is 10.2 Å². The number of benzene rings is 2. The maximum atomic E-state index is 12.7. The fourth-order valence-electron chi connectivity index (χ4n) is 3.52. The highest BCUT2D eigenvalue weighted by Gasteiger charge is 2.23. The van der Waals surface area contributed by atoms with Gasteiger partial charge in [0.2, 0.25) is 0 Å². The molecule has 0 spiro atoms. The largest absolute Gasteiger partial charge is 0.354 e. The molecule has 0 saturated carbocycles. The first-order chi connectivity index (χ1) is 14.7. The fraction of sp³-hybridized carbons (Fsp3) is 0.100. The van der Waals surface area contributed by atoms with Crippen molar-refractivity contribution in [3.63, 3.8) is 0 Å². The van der Waals surface area contributed by atoms with Crippen LogP contribution in [0.5, 0.6) is 0 Å². The van der Waals surface area contributed by atoms with Crippen LogP contribution in [0.25, 0.3) is 22.2 Å². The van der Waals surface area contributed by atoms with E-state index in [0.717, 1.165) is 22.2 Å². The van der Waals surface area contributed by atoms with E-state index in [0.29, 0.717) is 35.4 Å². The summed E-state index contributed by atoms with van der Waals surface area (Å²) in [5.74, 6) is -0.155. The molecule has 4 aromatic rings. The lowest BCUT2D eigenvalue weighted by Gasteiger charge is -2.07. The lowest BCUT2D eigenvalue weighted by molar-refractivity contribution is 0.0953. The zero-order valence-corrected chi connectivity index (χ0v) is 15.6. The van der Waals surface area contributed by atoms with Crippen molar-refractivity contribution >= 4 is 28.9 Å². The number of hydrogen-bond donors (Lipinski definition) is 4. The van der Waals surface area contributed by atoms with Crippen LogP contribution in [0.2, 0.25) is 0 Å². The van der Waals surface area contributed by atoms with E-state index in [2.05, 4.69) is 41.5 Å². The summed E-state index contributed by atoms with van der Waals surface area (Å²) in [6.45, 7) is 0.340. The van der Waals surface area contributed by atoms with Crippen LogP contribution in [-0.4, -0.2) is 50.2 Å². The van der Waals surface area contributed by atoms with E-state index in [1.54, 1.807) is 18.3 Å². The summed E-state index contributed by atoms with van der Waals surface area (Å²) in [4.78, 5) is 28.6. The predicted octanol–water partition coefficient (Wildman–Crippen LogP) is 1.40. The zero-order valence-electron chi connectivity index (χ0n) is 15.6. The van der Waals surface area contributed by atoms with E-state index in [4.69, 9.17) is 0 Å². The summed E-state index contributed by atoms with van der Waals surface area (Å²) < 4.78 is 0. The smallest absolute Gasteiger partial charge is 0.272 e. The molecule has 5 rings (SSSR count). The average Bonchev–Trinajstić information content (AvgIpc) is 3.37. The van der Waals surface area contributed by atoms with Crippen molar-refractivity contribution in [2.24, 2.45) is 5.10 Å². The molecule has 2 amide bonds. The topological polar surface area (TPSA) is 141 Å². The van der Waals surface area contributed by atoms with Crippen LogP contribution in [0.15, 0.2) is 47.6 Å². The molecule has 0 aliphatic carbocycles. The Bertz CT molecular complexity index is 1280. The molecule has 2 aromatic heterocycles. The monoisotopic (exact) mass is 400 g/mol. The zero-order chi connectivity index (χ0) is 20.5. The summed E-state index contributed by atoms with van der Waals surface area (Å²) in [7, 11) is 0. The normalized spacial score (nSPS) is 12.6. The first kappa shape index (κ1) is 17.7. The van der Waals surface area contributed by atoms with E-state index in [9.17, 15) is 9.59 Å². The summed E-state index contributed by atoms with van der Waals surface area (Å²) in [6, 6.07) is 13.1. The molecule has 1 aliphatic rings. The van der Waals surface area contributed by atoms with Crippen LogP contribution in [0.4, 0.5) is 0 Å². The van der Waals surface area contributed by atoms with E-state index in [1.807, 2.05) is 30.3 Å². The van der Waals surface area contributed by atoms with Crippen LogP contribution in [-0.2, 0) is 6.42 Å². The van der Waals surface area contributed by atoms with E-state index in [-0.39, 0.29) is 11.8 Å². The molecule has 0 unspecified atom stereocenters. The molecule has 148 valence electrons. The summed E-state index contributed by atoms with van der Waals surface area (Å²) >= 11 is 0. The van der Waals surface area contributed by atoms with Gasteiger partial charge in [0.15, 0.2) is 5.82 Å². The second kappa shape index (κ2) is 7.24. The maximum absolute atomic E-state index is 12.7. The Morgan fingerprint density at radius 3 is 2.80 bits per heavy atom. The van der Waals surface area contributed by atoms with E-state index >= 15 is 0 Å². The fourth-order valence-corrected chi connectivity index (χ4v) is 3.52. The lowest BCUT2D eigenvalue weighted by atomic mass is 10.00. The standard InChI is InChI=1S/C20H16N8O2/c29-19(21-7-6-16-24-27-28-25-16)12-8-13-17-14(10-22-26-20(13)30)18(23-15(17)9-12)11-4-2-1-3-5-11/h1-5,8-10,23H,6-7H2,(H,21,29)(H,26,30)(H,24,25,27,28). The number of carbonyl (C=O) groups excluding carboxylic acids is 2. The first-order valence-corrected chi connectivity index (χ1v) is 9.30. The van der Waals surface area contributed by atoms with Crippen molar-refractivity contribution in [1.82, 2.24) is 36.4 Å². The van der Waals surface area contributed by atoms with Crippen molar-refractivity contribution in [1.29, 1.82) is 0 Å². The summed E-state index contributed by atoms with van der Waals surface area (Å²) in [6.07, 6.45) is 2.07. The molecule has 4 N–H and O–H groups in total. The predicted molar refractivity (Wildman–Crippen MR) is 109 cm³/mol. The minimum atomic E-state index is -0.366. The number of carbonyl (C=O) groups is 2. The Morgan fingerprint density at radius 2 is 2.00 bits per heavy atom. The highest BCUT2D eigenvalue weighted by Crippen LogP contribution is 2.33. The number of H-pyrrole nitrogens is 2. The van der Waals surface area contributed by atoms with Gasteiger partial charge in [0.25, 0.3) is 11.8 Å². The second-order valence-corrected chi connectivity index (χ2v) is 6.76. The molecule has 0 atom stereocenters. The molecule has 0 radical (unpaired) electrons. The number of nitrogens with zero attached hydrogens (tertiary/aromatic N) is 4. The number of hydrogen-bond acceptors (Lipinski definition) is 6. The van der Waals surface area contributed by atoms with Gasteiger partial charge in [-0.2, -0.15) is 10.3 Å². The van der Waals surface area contributed by atoms with Crippen molar-refractivity contribution in [2.45, 2.75) is 6.42 Å². The van der Waals surface area contributed by atoms with Crippen LogP contribution in [0.1, 0.15) is 32.1 Å². The molecule has 10 nitrogen and oxygen atoms in total. The van der Waals surface area contributed by atoms with Gasteiger partial charge in [-0.3, -0.25) is 9.59 Å². The van der Waals surface area contributed by atoms with Crippen molar-refractivity contribution in [3.8, 4) is 11.3 Å². The number of nitrogens with one attached hydrogen (secondary N) is 4. The molecular formula is C20H16N8O2. The SMILES string of the molecule is O=C(NCCc1nn[nH]n1)c1cc2c3c(c(-c4ccccc4)[nH]c3c1)C=NNC2=O. The quantitative estimate of drug-likeness (QED) is 0.401. The van der Waals surface area contributed by atoms with Gasteiger partial charge in [0.1, 0.15) is 0 Å². The summed E-state index contributed by atoms with van der Waals surface area (Å²) in [5, 5.41) is 21.1. The number of aromatic nitrogens is 5. The first-order valence-electron chi connectivity index (χ1n) is 9.30. The third-order valence-electron chi connectivity index (χ3n) is 4.89.